The number of aliphatic imine (C=N–C) groups is 1. The third-order valence-electron chi connectivity index (χ3n) is 3.22. The molecular weight excluding hydrogens is 377 g/mol. The van der Waals surface area contributed by atoms with E-state index in [4.69, 9.17) is 0 Å². The summed E-state index contributed by atoms with van der Waals surface area (Å²) in [6.07, 6.45) is 2.92. The Labute approximate surface area is 145 Å². The van der Waals surface area contributed by atoms with Gasteiger partial charge in [0.05, 0.1) is 12.2 Å². The first-order valence-electron chi connectivity index (χ1n) is 7.36. The lowest BCUT2D eigenvalue weighted by atomic mass is 10.3. The minimum absolute atomic E-state index is 0. The molecule has 0 spiro atoms. The van der Waals surface area contributed by atoms with Crippen LogP contribution in [0.1, 0.15) is 26.0 Å². The molecule has 0 amide bonds. The first-order chi connectivity index (χ1) is 9.80. The molecule has 0 unspecified atom stereocenters. The van der Waals surface area contributed by atoms with Gasteiger partial charge in [-0.25, -0.2) is 0 Å². The van der Waals surface area contributed by atoms with Gasteiger partial charge < -0.3 is 15.5 Å². The molecule has 0 bridgehead atoms. The number of pyridine rings is 1. The van der Waals surface area contributed by atoms with Crippen molar-refractivity contribution in [1.82, 2.24) is 20.5 Å². The summed E-state index contributed by atoms with van der Waals surface area (Å²) in [6, 6.07) is 5.91. The fraction of sp³-hybridized carbons (Fsp3) is 0.600. The largest absolute Gasteiger partial charge is 0.356 e. The number of hydrogen-bond donors (Lipinski definition) is 2. The van der Waals surface area contributed by atoms with Crippen molar-refractivity contribution in [3.05, 3.63) is 30.1 Å². The first kappa shape index (κ1) is 20.1. The van der Waals surface area contributed by atoms with Gasteiger partial charge in [-0.05, 0) is 38.2 Å². The molecule has 120 valence electrons. The average molecular weight is 405 g/mol. The van der Waals surface area contributed by atoms with Crippen LogP contribution in [0.4, 0.5) is 0 Å². The van der Waals surface area contributed by atoms with Crippen molar-refractivity contribution >= 4 is 29.9 Å². The first-order valence-corrected chi connectivity index (χ1v) is 7.36. The number of guanidine groups is 1. The highest BCUT2D eigenvalue weighted by Gasteiger charge is 2.00. The van der Waals surface area contributed by atoms with Crippen molar-refractivity contribution in [3.63, 3.8) is 0 Å². The predicted molar refractivity (Wildman–Crippen MR) is 100 cm³/mol. The summed E-state index contributed by atoms with van der Waals surface area (Å²) >= 11 is 0. The zero-order valence-electron chi connectivity index (χ0n) is 13.3. The van der Waals surface area contributed by atoms with Gasteiger partial charge in [-0.2, -0.15) is 0 Å². The van der Waals surface area contributed by atoms with E-state index >= 15 is 0 Å². The van der Waals surface area contributed by atoms with Gasteiger partial charge in [-0.15, -0.1) is 24.0 Å². The second-order valence-electron chi connectivity index (χ2n) is 4.55. The van der Waals surface area contributed by atoms with Crippen molar-refractivity contribution in [2.24, 2.45) is 4.99 Å². The predicted octanol–water partition coefficient (Wildman–Crippen LogP) is 2.10. The third kappa shape index (κ3) is 8.87. The Morgan fingerprint density at radius 3 is 2.57 bits per heavy atom. The third-order valence-corrected chi connectivity index (χ3v) is 3.22. The molecule has 0 fully saturated rings. The quantitative estimate of drug-likeness (QED) is 0.301. The van der Waals surface area contributed by atoms with Gasteiger partial charge in [-0.1, -0.05) is 19.9 Å². The van der Waals surface area contributed by atoms with Crippen LogP contribution in [0.25, 0.3) is 0 Å². The minimum Gasteiger partial charge on any atom is -0.356 e. The lowest BCUT2D eigenvalue weighted by Gasteiger charge is -2.18. The van der Waals surface area contributed by atoms with E-state index in [9.17, 15) is 0 Å². The molecule has 1 aromatic rings. The fourth-order valence-corrected chi connectivity index (χ4v) is 1.95. The molecule has 0 aliphatic carbocycles. The molecule has 21 heavy (non-hydrogen) atoms. The molecule has 1 aromatic heterocycles. The summed E-state index contributed by atoms with van der Waals surface area (Å²) < 4.78 is 0. The normalized spacial score (nSPS) is 11.1. The molecule has 0 saturated carbocycles. The molecule has 1 rings (SSSR count). The van der Waals surface area contributed by atoms with Gasteiger partial charge in [0.2, 0.25) is 0 Å². The van der Waals surface area contributed by atoms with E-state index < -0.39 is 0 Å². The Morgan fingerprint density at radius 2 is 2.00 bits per heavy atom. The zero-order valence-corrected chi connectivity index (χ0v) is 15.6. The van der Waals surface area contributed by atoms with Gasteiger partial charge in [0, 0.05) is 19.8 Å². The maximum absolute atomic E-state index is 4.27. The van der Waals surface area contributed by atoms with Crippen molar-refractivity contribution < 1.29 is 0 Å². The second kappa shape index (κ2) is 12.8. The SMILES string of the molecule is CCN(CC)CCCNC(=NC)NCc1ccccn1.I. The van der Waals surface area contributed by atoms with E-state index in [1.54, 1.807) is 13.2 Å². The van der Waals surface area contributed by atoms with Crippen molar-refractivity contribution in [3.8, 4) is 0 Å². The van der Waals surface area contributed by atoms with Crippen molar-refractivity contribution in [2.75, 3.05) is 33.2 Å². The van der Waals surface area contributed by atoms with E-state index in [0.29, 0.717) is 6.54 Å². The number of hydrogen-bond acceptors (Lipinski definition) is 3. The standard InChI is InChI=1S/C15H27N5.HI/c1-4-20(5-2)12-8-11-18-15(16-3)19-13-14-9-6-7-10-17-14;/h6-7,9-10H,4-5,8,11-13H2,1-3H3,(H2,16,18,19);1H. The Morgan fingerprint density at radius 1 is 1.24 bits per heavy atom. The molecule has 2 N–H and O–H groups in total. The van der Waals surface area contributed by atoms with Crippen LogP contribution < -0.4 is 10.6 Å². The van der Waals surface area contributed by atoms with Crippen LogP contribution >= 0.6 is 24.0 Å². The van der Waals surface area contributed by atoms with Crippen LogP contribution in [0.5, 0.6) is 0 Å². The van der Waals surface area contributed by atoms with Crippen LogP contribution in [0.15, 0.2) is 29.4 Å². The number of rotatable bonds is 8. The molecule has 0 aliphatic rings. The molecule has 0 saturated heterocycles. The van der Waals surface area contributed by atoms with Gasteiger partial charge in [0.1, 0.15) is 0 Å². The highest BCUT2D eigenvalue weighted by Crippen LogP contribution is 1.92. The molecule has 5 nitrogen and oxygen atoms in total. The van der Waals surface area contributed by atoms with E-state index in [1.165, 1.54) is 0 Å². The monoisotopic (exact) mass is 405 g/mol. The Balaban J connectivity index is 0.00000400. The van der Waals surface area contributed by atoms with E-state index in [1.807, 2.05) is 18.2 Å². The lowest BCUT2D eigenvalue weighted by molar-refractivity contribution is 0.300. The number of nitrogens with zero attached hydrogens (tertiary/aromatic N) is 3. The summed E-state index contributed by atoms with van der Waals surface area (Å²) in [6.45, 7) is 9.37. The van der Waals surface area contributed by atoms with E-state index in [-0.39, 0.29) is 24.0 Å². The Bertz CT molecular complexity index is 379. The fourth-order valence-electron chi connectivity index (χ4n) is 1.95. The smallest absolute Gasteiger partial charge is 0.191 e. The molecule has 0 aliphatic heterocycles. The van der Waals surface area contributed by atoms with E-state index in [0.717, 1.165) is 44.3 Å². The van der Waals surface area contributed by atoms with Gasteiger partial charge in [0.25, 0.3) is 0 Å². The topological polar surface area (TPSA) is 52.5 Å². The minimum atomic E-state index is 0. The van der Waals surface area contributed by atoms with Crippen LogP contribution in [-0.2, 0) is 6.54 Å². The number of halogens is 1. The van der Waals surface area contributed by atoms with Gasteiger partial charge >= 0.3 is 0 Å². The Kier molecular flexibility index (Phi) is 12.3. The van der Waals surface area contributed by atoms with E-state index in [2.05, 4.69) is 39.4 Å². The molecular formula is C15H28IN5. The number of nitrogens with one attached hydrogen (secondary N) is 2. The summed E-state index contributed by atoms with van der Waals surface area (Å²) in [7, 11) is 1.79. The summed E-state index contributed by atoms with van der Waals surface area (Å²) in [5.74, 6) is 0.829. The lowest BCUT2D eigenvalue weighted by Crippen LogP contribution is -2.38. The molecule has 6 heteroatoms. The zero-order chi connectivity index (χ0) is 14.6. The second-order valence-corrected chi connectivity index (χ2v) is 4.55. The molecule has 0 aromatic carbocycles. The highest BCUT2D eigenvalue weighted by molar-refractivity contribution is 14.0. The van der Waals surface area contributed by atoms with Crippen LogP contribution in [0.3, 0.4) is 0 Å². The summed E-state index contributed by atoms with van der Waals surface area (Å²) in [4.78, 5) is 10.9. The summed E-state index contributed by atoms with van der Waals surface area (Å²) in [5, 5.41) is 6.59. The van der Waals surface area contributed by atoms with Crippen molar-refractivity contribution in [1.29, 1.82) is 0 Å². The van der Waals surface area contributed by atoms with Gasteiger partial charge in [0.15, 0.2) is 5.96 Å². The number of aromatic nitrogens is 1. The highest BCUT2D eigenvalue weighted by atomic mass is 127. The Hall–Kier alpha value is -0.890. The van der Waals surface area contributed by atoms with Crippen LogP contribution in [0, 0.1) is 0 Å². The maximum atomic E-state index is 4.27. The van der Waals surface area contributed by atoms with Crippen molar-refractivity contribution in [2.45, 2.75) is 26.8 Å². The molecule has 1 heterocycles. The summed E-state index contributed by atoms with van der Waals surface area (Å²) in [5.41, 5.74) is 1.01. The average Bonchev–Trinajstić information content (AvgIpc) is 2.51. The molecule has 0 radical (unpaired) electrons. The maximum Gasteiger partial charge on any atom is 0.191 e. The van der Waals surface area contributed by atoms with Gasteiger partial charge in [-0.3, -0.25) is 9.98 Å². The van der Waals surface area contributed by atoms with Crippen LogP contribution in [-0.4, -0.2) is 49.1 Å². The van der Waals surface area contributed by atoms with Crippen LogP contribution in [0.2, 0.25) is 0 Å². The molecule has 0 atom stereocenters.